The van der Waals surface area contributed by atoms with Crippen LogP contribution in [0.25, 0.3) is 0 Å². The van der Waals surface area contributed by atoms with Crippen LogP contribution in [0.15, 0.2) is 12.3 Å². The van der Waals surface area contributed by atoms with Crippen LogP contribution < -0.4 is 0 Å². The molecule has 0 saturated heterocycles. The summed E-state index contributed by atoms with van der Waals surface area (Å²) in [6, 6.07) is 2.62. The van der Waals surface area contributed by atoms with Gasteiger partial charge in [-0.25, -0.2) is 0 Å². The smallest absolute Gasteiger partial charge is 0.0624 e. The molecule has 0 N–H and O–H groups in total. The molecule has 1 unspecified atom stereocenters. The van der Waals surface area contributed by atoms with E-state index in [9.17, 15) is 0 Å². The summed E-state index contributed by atoms with van der Waals surface area (Å²) in [4.78, 5) is 0. The zero-order valence-corrected chi connectivity index (χ0v) is 9.80. The van der Waals surface area contributed by atoms with Gasteiger partial charge in [0.15, 0.2) is 0 Å². The van der Waals surface area contributed by atoms with E-state index in [2.05, 4.69) is 35.9 Å². The Balaban J connectivity index is 2.42. The van der Waals surface area contributed by atoms with Gasteiger partial charge in [0.2, 0.25) is 0 Å². The molecule has 0 aliphatic rings. The molecule has 0 bridgehead atoms. The van der Waals surface area contributed by atoms with Gasteiger partial charge < -0.3 is 0 Å². The maximum absolute atomic E-state index is 5.62. The van der Waals surface area contributed by atoms with Gasteiger partial charge in [-0.2, -0.15) is 5.10 Å². The molecular formula is C11H19ClN2. The number of alkyl halides is 1. The molecule has 0 radical (unpaired) electrons. The van der Waals surface area contributed by atoms with E-state index in [0.717, 1.165) is 31.6 Å². The van der Waals surface area contributed by atoms with Crippen LogP contribution in [0.4, 0.5) is 0 Å². The van der Waals surface area contributed by atoms with E-state index in [1.807, 2.05) is 0 Å². The van der Waals surface area contributed by atoms with E-state index < -0.39 is 0 Å². The molecule has 1 heterocycles. The largest absolute Gasteiger partial charge is 0.270 e. The van der Waals surface area contributed by atoms with Crippen molar-refractivity contribution in [3.8, 4) is 0 Å². The van der Waals surface area contributed by atoms with Crippen molar-refractivity contribution >= 4 is 11.6 Å². The van der Waals surface area contributed by atoms with Crippen LogP contribution in [0, 0.1) is 0 Å². The number of aromatic nitrogens is 2. The molecule has 2 nitrogen and oxygen atoms in total. The topological polar surface area (TPSA) is 17.8 Å². The normalized spacial score (nSPS) is 13.1. The molecule has 1 aromatic heterocycles. The third kappa shape index (κ3) is 3.33. The molecule has 0 spiro atoms. The van der Waals surface area contributed by atoms with Crippen molar-refractivity contribution in [3.63, 3.8) is 0 Å². The SMILES string of the molecule is CCC(C)n1ccc(CCCCCl)n1. The van der Waals surface area contributed by atoms with Gasteiger partial charge in [0.1, 0.15) is 0 Å². The highest BCUT2D eigenvalue weighted by Gasteiger charge is 2.03. The molecule has 0 aliphatic heterocycles. The second-order valence-corrected chi connectivity index (χ2v) is 4.07. The van der Waals surface area contributed by atoms with Crippen LogP contribution in [0.1, 0.15) is 44.8 Å². The number of halogens is 1. The summed E-state index contributed by atoms with van der Waals surface area (Å²) >= 11 is 5.62. The summed E-state index contributed by atoms with van der Waals surface area (Å²) in [7, 11) is 0. The lowest BCUT2D eigenvalue weighted by atomic mass is 10.2. The summed E-state index contributed by atoms with van der Waals surface area (Å²) < 4.78 is 2.05. The molecule has 0 fully saturated rings. The number of rotatable bonds is 6. The molecule has 1 aromatic rings. The average Bonchev–Trinajstić information content (AvgIpc) is 2.66. The van der Waals surface area contributed by atoms with Crippen molar-refractivity contribution in [1.29, 1.82) is 0 Å². The highest BCUT2D eigenvalue weighted by Crippen LogP contribution is 2.10. The molecular weight excluding hydrogens is 196 g/mol. The predicted octanol–water partition coefficient (Wildman–Crippen LogP) is 3.42. The van der Waals surface area contributed by atoms with Crippen LogP contribution in [0.3, 0.4) is 0 Å². The molecule has 80 valence electrons. The zero-order valence-electron chi connectivity index (χ0n) is 9.04. The van der Waals surface area contributed by atoms with Gasteiger partial charge in [0, 0.05) is 18.1 Å². The van der Waals surface area contributed by atoms with Crippen molar-refractivity contribution < 1.29 is 0 Å². The fourth-order valence-electron chi connectivity index (χ4n) is 1.34. The predicted molar refractivity (Wildman–Crippen MR) is 60.9 cm³/mol. The minimum atomic E-state index is 0.511. The Kier molecular flexibility index (Phi) is 5.02. The lowest BCUT2D eigenvalue weighted by Crippen LogP contribution is -2.04. The van der Waals surface area contributed by atoms with E-state index in [-0.39, 0.29) is 0 Å². The summed E-state index contributed by atoms with van der Waals surface area (Å²) in [6.07, 6.45) is 6.47. The number of unbranched alkanes of at least 4 members (excludes halogenated alkanes) is 1. The van der Waals surface area contributed by atoms with Gasteiger partial charge in [-0.15, -0.1) is 11.6 Å². The third-order valence-corrected chi connectivity index (χ3v) is 2.79. The highest BCUT2D eigenvalue weighted by molar-refractivity contribution is 6.17. The minimum absolute atomic E-state index is 0.511. The summed E-state index contributed by atoms with van der Waals surface area (Å²) in [5.74, 6) is 0.756. The Labute approximate surface area is 91.3 Å². The molecule has 3 heteroatoms. The number of hydrogen-bond acceptors (Lipinski definition) is 1. The van der Waals surface area contributed by atoms with Gasteiger partial charge in [-0.05, 0) is 38.7 Å². The maximum Gasteiger partial charge on any atom is 0.0624 e. The van der Waals surface area contributed by atoms with E-state index in [1.165, 1.54) is 5.69 Å². The maximum atomic E-state index is 5.62. The van der Waals surface area contributed by atoms with Crippen molar-refractivity contribution in [2.45, 2.75) is 45.6 Å². The first kappa shape index (κ1) is 11.6. The van der Waals surface area contributed by atoms with Gasteiger partial charge in [-0.1, -0.05) is 6.92 Å². The first-order chi connectivity index (χ1) is 6.77. The number of aryl methyl sites for hydroxylation is 1. The molecule has 0 saturated carbocycles. The highest BCUT2D eigenvalue weighted by atomic mass is 35.5. The van der Waals surface area contributed by atoms with Crippen LogP contribution in [-0.2, 0) is 6.42 Å². The fourth-order valence-corrected chi connectivity index (χ4v) is 1.53. The summed E-state index contributed by atoms with van der Waals surface area (Å²) in [5, 5.41) is 4.53. The van der Waals surface area contributed by atoms with Crippen molar-refractivity contribution in [3.05, 3.63) is 18.0 Å². The Morgan fingerprint density at radius 3 is 2.93 bits per heavy atom. The second-order valence-electron chi connectivity index (χ2n) is 3.69. The molecule has 0 aromatic carbocycles. The van der Waals surface area contributed by atoms with Crippen LogP contribution in [0.5, 0.6) is 0 Å². The Morgan fingerprint density at radius 2 is 2.29 bits per heavy atom. The Hall–Kier alpha value is -0.500. The fraction of sp³-hybridized carbons (Fsp3) is 0.727. The average molecular weight is 215 g/mol. The number of nitrogens with zero attached hydrogens (tertiary/aromatic N) is 2. The van der Waals surface area contributed by atoms with Crippen molar-refractivity contribution in [1.82, 2.24) is 9.78 Å². The van der Waals surface area contributed by atoms with Crippen LogP contribution in [0.2, 0.25) is 0 Å². The molecule has 1 rings (SSSR count). The Bertz CT molecular complexity index is 258. The monoisotopic (exact) mass is 214 g/mol. The van der Waals surface area contributed by atoms with E-state index in [0.29, 0.717) is 6.04 Å². The van der Waals surface area contributed by atoms with Gasteiger partial charge in [-0.3, -0.25) is 4.68 Å². The van der Waals surface area contributed by atoms with Crippen LogP contribution in [-0.4, -0.2) is 15.7 Å². The van der Waals surface area contributed by atoms with E-state index in [4.69, 9.17) is 11.6 Å². The standard InChI is InChI=1S/C11H19ClN2/c1-3-10(2)14-9-7-11(13-14)6-4-5-8-12/h7,9-10H,3-6,8H2,1-2H3. The molecule has 14 heavy (non-hydrogen) atoms. The first-order valence-electron chi connectivity index (χ1n) is 5.38. The lowest BCUT2D eigenvalue weighted by molar-refractivity contribution is 0.473. The quantitative estimate of drug-likeness (QED) is 0.524. The molecule has 0 amide bonds. The first-order valence-corrected chi connectivity index (χ1v) is 5.91. The second kappa shape index (κ2) is 6.07. The van der Waals surface area contributed by atoms with Crippen LogP contribution >= 0.6 is 11.6 Å². The third-order valence-electron chi connectivity index (χ3n) is 2.52. The zero-order chi connectivity index (χ0) is 10.4. The number of hydrogen-bond donors (Lipinski definition) is 0. The summed E-state index contributed by atoms with van der Waals surface area (Å²) in [6.45, 7) is 4.37. The molecule has 1 atom stereocenters. The van der Waals surface area contributed by atoms with Gasteiger partial charge in [0.25, 0.3) is 0 Å². The van der Waals surface area contributed by atoms with Crippen molar-refractivity contribution in [2.75, 3.05) is 5.88 Å². The molecule has 0 aliphatic carbocycles. The van der Waals surface area contributed by atoms with Gasteiger partial charge >= 0.3 is 0 Å². The summed E-state index contributed by atoms with van der Waals surface area (Å²) in [5.41, 5.74) is 1.19. The lowest BCUT2D eigenvalue weighted by Gasteiger charge is -2.07. The Morgan fingerprint density at radius 1 is 1.50 bits per heavy atom. The van der Waals surface area contributed by atoms with Gasteiger partial charge in [0.05, 0.1) is 5.69 Å². The van der Waals surface area contributed by atoms with Crippen molar-refractivity contribution in [2.24, 2.45) is 0 Å². The van der Waals surface area contributed by atoms with E-state index in [1.54, 1.807) is 0 Å². The minimum Gasteiger partial charge on any atom is -0.270 e. The van der Waals surface area contributed by atoms with E-state index >= 15 is 0 Å².